The van der Waals surface area contributed by atoms with Crippen LogP contribution >= 0.6 is 0 Å². The molecular formula is C11H16N4O. The minimum absolute atomic E-state index is 0.239. The number of nitrogens with two attached hydrogens (primary N) is 1. The molecular weight excluding hydrogens is 204 g/mol. The lowest BCUT2D eigenvalue weighted by Crippen LogP contribution is -2.09. The van der Waals surface area contributed by atoms with Crippen LogP contribution in [0.15, 0.2) is 24.0 Å². The quantitative estimate of drug-likeness (QED) is 0.837. The molecule has 1 aromatic rings. The Balaban J connectivity index is 2.21. The molecule has 2 rings (SSSR count). The molecule has 1 aromatic heterocycles. The van der Waals surface area contributed by atoms with E-state index in [1.54, 1.807) is 7.11 Å². The van der Waals surface area contributed by atoms with Gasteiger partial charge in [0, 0.05) is 12.5 Å². The van der Waals surface area contributed by atoms with Gasteiger partial charge in [0.1, 0.15) is 11.6 Å². The largest absolute Gasteiger partial charge is 0.497 e. The summed E-state index contributed by atoms with van der Waals surface area (Å²) in [6.45, 7) is 2.81. The van der Waals surface area contributed by atoms with E-state index in [9.17, 15) is 0 Å². The van der Waals surface area contributed by atoms with Crippen molar-refractivity contribution in [3.8, 4) is 0 Å². The molecule has 1 aliphatic carbocycles. The summed E-state index contributed by atoms with van der Waals surface area (Å²) in [5.41, 5.74) is 5.61. The van der Waals surface area contributed by atoms with Gasteiger partial charge < -0.3 is 10.5 Å². The van der Waals surface area contributed by atoms with Crippen molar-refractivity contribution in [2.24, 2.45) is 0 Å². The SMILES string of the molecule is CCn1nc(N)nc1C1C=CC(OC)=CC1. The van der Waals surface area contributed by atoms with Crippen molar-refractivity contribution in [2.75, 3.05) is 12.8 Å². The molecule has 0 fully saturated rings. The number of hydrogen-bond donors (Lipinski definition) is 1. The van der Waals surface area contributed by atoms with E-state index >= 15 is 0 Å². The highest BCUT2D eigenvalue weighted by Crippen LogP contribution is 2.26. The number of nitrogen functional groups attached to an aromatic ring is 1. The van der Waals surface area contributed by atoms with E-state index in [4.69, 9.17) is 10.5 Å². The number of hydrogen-bond acceptors (Lipinski definition) is 4. The molecule has 5 nitrogen and oxygen atoms in total. The van der Waals surface area contributed by atoms with Crippen molar-refractivity contribution in [1.29, 1.82) is 0 Å². The second-order valence-corrected chi connectivity index (χ2v) is 3.66. The van der Waals surface area contributed by atoms with Gasteiger partial charge in [-0.3, -0.25) is 0 Å². The minimum Gasteiger partial charge on any atom is -0.497 e. The van der Waals surface area contributed by atoms with Crippen LogP contribution in [0.4, 0.5) is 5.95 Å². The van der Waals surface area contributed by atoms with E-state index < -0.39 is 0 Å². The van der Waals surface area contributed by atoms with Crippen molar-refractivity contribution >= 4 is 5.95 Å². The number of aryl methyl sites for hydroxylation is 1. The molecule has 16 heavy (non-hydrogen) atoms. The summed E-state index contributed by atoms with van der Waals surface area (Å²) in [5.74, 6) is 2.39. The lowest BCUT2D eigenvalue weighted by atomic mass is 9.99. The fourth-order valence-corrected chi connectivity index (χ4v) is 1.82. The Labute approximate surface area is 94.6 Å². The molecule has 0 aromatic carbocycles. The van der Waals surface area contributed by atoms with E-state index in [0.717, 1.165) is 24.5 Å². The van der Waals surface area contributed by atoms with E-state index in [1.165, 1.54) is 0 Å². The molecule has 1 heterocycles. The van der Waals surface area contributed by atoms with E-state index in [-0.39, 0.29) is 5.92 Å². The van der Waals surface area contributed by atoms with Crippen LogP contribution in [0.25, 0.3) is 0 Å². The van der Waals surface area contributed by atoms with Crippen LogP contribution in [-0.2, 0) is 11.3 Å². The molecule has 1 aliphatic rings. The number of aromatic nitrogens is 3. The van der Waals surface area contributed by atoms with Crippen LogP contribution in [0.2, 0.25) is 0 Å². The third-order valence-electron chi connectivity index (χ3n) is 2.65. The highest BCUT2D eigenvalue weighted by molar-refractivity contribution is 5.26. The minimum atomic E-state index is 0.239. The average Bonchev–Trinajstić information content (AvgIpc) is 2.70. The Morgan fingerprint density at radius 3 is 3.00 bits per heavy atom. The predicted octanol–water partition coefficient (Wildman–Crippen LogP) is 1.45. The number of ether oxygens (including phenoxy) is 1. The summed E-state index contributed by atoms with van der Waals surface area (Å²) >= 11 is 0. The number of nitrogens with zero attached hydrogens (tertiary/aromatic N) is 3. The highest BCUT2D eigenvalue weighted by Gasteiger charge is 2.18. The molecule has 86 valence electrons. The first kappa shape index (κ1) is 10.7. The summed E-state index contributed by atoms with van der Waals surface area (Å²) in [6.07, 6.45) is 6.96. The molecule has 1 unspecified atom stereocenters. The van der Waals surface area contributed by atoms with Gasteiger partial charge in [-0.15, -0.1) is 5.10 Å². The van der Waals surface area contributed by atoms with Crippen LogP contribution in [-0.4, -0.2) is 21.9 Å². The third-order valence-corrected chi connectivity index (χ3v) is 2.65. The molecule has 0 saturated carbocycles. The standard InChI is InChI=1S/C11H16N4O/c1-3-15-10(13-11(12)14-15)8-4-6-9(16-2)7-5-8/h4,6-8H,3,5H2,1-2H3,(H2,12,14). The van der Waals surface area contributed by atoms with Gasteiger partial charge in [-0.25, -0.2) is 4.68 Å². The Morgan fingerprint density at radius 1 is 1.62 bits per heavy atom. The summed E-state index contributed by atoms with van der Waals surface area (Å²) in [5, 5.41) is 4.14. The smallest absolute Gasteiger partial charge is 0.239 e. The fourth-order valence-electron chi connectivity index (χ4n) is 1.82. The molecule has 5 heteroatoms. The van der Waals surface area contributed by atoms with Gasteiger partial charge in [0.05, 0.1) is 7.11 Å². The van der Waals surface area contributed by atoms with Crippen molar-refractivity contribution in [2.45, 2.75) is 25.8 Å². The Morgan fingerprint density at radius 2 is 2.44 bits per heavy atom. The van der Waals surface area contributed by atoms with Crippen LogP contribution in [0, 0.1) is 0 Å². The van der Waals surface area contributed by atoms with Gasteiger partial charge >= 0.3 is 0 Å². The van der Waals surface area contributed by atoms with Gasteiger partial charge in [0.25, 0.3) is 0 Å². The first-order valence-electron chi connectivity index (χ1n) is 5.37. The first-order valence-corrected chi connectivity index (χ1v) is 5.37. The van der Waals surface area contributed by atoms with Crippen LogP contribution < -0.4 is 5.73 Å². The normalized spacial score (nSPS) is 19.6. The van der Waals surface area contributed by atoms with Gasteiger partial charge in [-0.05, 0) is 25.5 Å². The van der Waals surface area contributed by atoms with Gasteiger partial charge in [0.15, 0.2) is 0 Å². The molecule has 1 atom stereocenters. The average molecular weight is 220 g/mol. The van der Waals surface area contributed by atoms with Crippen molar-refractivity contribution in [3.63, 3.8) is 0 Å². The summed E-state index contributed by atoms with van der Waals surface area (Å²) in [7, 11) is 1.67. The fraction of sp³-hybridized carbons (Fsp3) is 0.455. The zero-order chi connectivity index (χ0) is 11.5. The van der Waals surface area contributed by atoms with E-state index in [1.807, 2.05) is 17.7 Å². The monoisotopic (exact) mass is 220 g/mol. The van der Waals surface area contributed by atoms with Crippen LogP contribution in [0.5, 0.6) is 0 Å². The Bertz CT molecular complexity index is 433. The van der Waals surface area contributed by atoms with Gasteiger partial charge in [0.2, 0.25) is 5.95 Å². The number of methoxy groups -OCH3 is 1. The molecule has 0 saturated heterocycles. The lowest BCUT2D eigenvalue weighted by Gasteiger charge is -2.15. The second kappa shape index (κ2) is 4.38. The maximum Gasteiger partial charge on any atom is 0.239 e. The zero-order valence-electron chi connectivity index (χ0n) is 9.55. The first-order chi connectivity index (χ1) is 7.74. The third kappa shape index (κ3) is 1.93. The van der Waals surface area contributed by atoms with Gasteiger partial charge in [-0.1, -0.05) is 6.08 Å². The molecule has 0 bridgehead atoms. The molecule has 0 amide bonds. The van der Waals surface area contributed by atoms with Crippen LogP contribution in [0.3, 0.4) is 0 Å². The van der Waals surface area contributed by atoms with Gasteiger partial charge in [-0.2, -0.15) is 4.98 Å². The Hall–Kier alpha value is -1.78. The number of anilines is 1. The molecule has 2 N–H and O–H groups in total. The van der Waals surface area contributed by atoms with Crippen LogP contribution in [0.1, 0.15) is 25.1 Å². The lowest BCUT2D eigenvalue weighted by molar-refractivity contribution is 0.302. The number of allylic oxidation sites excluding steroid dienone is 3. The van der Waals surface area contributed by atoms with Crippen molar-refractivity contribution < 1.29 is 4.74 Å². The zero-order valence-corrected chi connectivity index (χ0v) is 9.55. The maximum absolute atomic E-state index is 5.61. The summed E-state index contributed by atoms with van der Waals surface area (Å²) in [6, 6.07) is 0. The van der Waals surface area contributed by atoms with Crippen molar-refractivity contribution in [3.05, 3.63) is 29.8 Å². The summed E-state index contributed by atoms with van der Waals surface area (Å²) in [4.78, 5) is 4.26. The molecule has 0 radical (unpaired) electrons. The van der Waals surface area contributed by atoms with E-state index in [0.29, 0.717) is 5.95 Å². The van der Waals surface area contributed by atoms with Crippen molar-refractivity contribution in [1.82, 2.24) is 14.8 Å². The second-order valence-electron chi connectivity index (χ2n) is 3.66. The number of rotatable bonds is 3. The molecule has 0 aliphatic heterocycles. The summed E-state index contributed by atoms with van der Waals surface area (Å²) < 4.78 is 6.99. The van der Waals surface area contributed by atoms with E-state index in [2.05, 4.69) is 22.2 Å². The Kier molecular flexibility index (Phi) is 2.94. The maximum atomic E-state index is 5.61. The highest BCUT2D eigenvalue weighted by atomic mass is 16.5. The topological polar surface area (TPSA) is 66.0 Å². The predicted molar refractivity (Wildman–Crippen MR) is 61.7 cm³/mol. The molecule has 0 spiro atoms.